The summed E-state index contributed by atoms with van der Waals surface area (Å²) in [7, 11) is 6.40. The van der Waals surface area contributed by atoms with Crippen molar-refractivity contribution >= 4 is 28.5 Å². The molecule has 0 aliphatic heterocycles. The van der Waals surface area contributed by atoms with Crippen LogP contribution in [-0.2, 0) is 4.79 Å². The largest absolute Gasteiger partial charge is 0.399 e. The Hall–Kier alpha value is -2.93. The highest BCUT2D eigenvalue weighted by atomic mass is 16.1. The van der Waals surface area contributed by atoms with Gasteiger partial charge in [-0.2, -0.15) is 0 Å². The molecule has 2 aromatic heterocycles. The van der Waals surface area contributed by atoms with E-state index in [1.807, 2.05) is 24.4 Å². The van der Waals surface area contributed by atoms with Gasteiger partial charge in [-0.1, -0.05) is 6.07 Å². The van der Waals surface area contributed by atoms with Crippen LogP contribution in [0.2, 0.25) is 0 Å². The molecule has 0 radical (unpaired) electrons. The number of nitrogens with zero attached hydrogens (tertiary/aromatic N) is 4. The minimum Gasteiger partial charge on any atom is -0.399 e. The van der Waals surface area contributed by atoms with Gasteiger partial charge in [0.15, 0.2) is 5.82 Å². The van der Waals surface area contributed by atoms with Gasteiger partial charge in [0.25, 0.3) is 0 Å². The number of quaternary nitrogens is 1. The number of hydrogen-bond donors (Lipinski definition) is 2. The number of allylic oxidation sites excluding steroid dienone is 3. The molecule has 0 aromatic carbocycles. The first-order chi connectivity index (χ1) is 11.8. The van der Waals surface area contributed by atoms with E-state index >= 15 is 0 Å². The van der Waals surface area contributed by atoms with E-state index in [1.165, 1.54) is 6.08 Å². The summed E-state index contributed by atoms with van der Waals surface area (Å²) < 4.78 is 2.60. The number of carbonyl (C=O) groups is 1. The van der Waals surface area contributed by atoms with Crippen LogP contribution in [0.1, 0.15) is 0 Å². The monoisotopic (exact) mass is 339 g/mol. The van der Waals surface area contributed by atoms with Crippen molar-refractivity contribution in [1.29, 1.82) is 0 Å². The van der Waals surface area contributed by atoms with Crippen molar-refractivity contribution < 1.29 is 9.28 Å². The standard InChI is InChI=1S/C18H22N6O/c1-24(2,3)11-9-20-18-17(15-6-4-5-10-23(15)22-18)21-14-8-7-13(19)12-16(14)25/h4-8,10,12H,9,11H2,1-3H3,(H2-,19,20,22,25)/p+1. The summed E-state index contributed by atoms with van der Waals surface area (Å²) in [5, 5.41) is 7.90. The van der Waals surface area contributed by atoms with Gasteiger partial charge in [-0.15, -0.1) is 5.10 Å². The molecule has 130 valence electrons. The van der Waals surface area contributed by atoms with E-state index in [0.717, 1.165) is 23.1 Å². The smallest absolute Gasteiger partial charge is 0.206 e. The first-order valence-corrected chi connectivity index (χ1v) is 8.13. The number of anilines is 1. The van der Waals surface area contributed by atoms with Crippen LogP contribution in [0, 0.1) is 0 Å². The van der Waals surface area contributed by atoms with Gasteiger partial charge in [-0.3, -0.25) is 4.79 Å². The molecule has 2 aromatic rings. The lowest BCUT2D eigenvalue weighted by molar-refractivity contribution is -0.868. The number of nitrogens with two attached hydrogens (primary N) is 1. The maximum atomic E-state index is 12.1. The maximum Gasteiger partial charge on any atom is 0.206 e. The van der Waals surface area contributed by atoms with Crippen molar-refractivity contribution in [3.63, 3.8) is 0 Å². The molecular formula is C18H23N6O+. The molecule has 0 bridgehead atoms. The van der Waals surface area contributed by atoms with E-state index in [0.29, 0.717) is 22.9 Å². The van der Waals surface area contributed by atoms with Gasteiger partial charge in [0.2, 0.25) is 5.78 Å². The lowest BCUT2D eigenvalue weighted by Crippen LogP contribution is -2.38. The molecule has 3 rings (SSSR count). The van der Waals surface area contributed by atoms with E-state index in [4.69, 9.17) is 5.73 Å². The number of hydrogen-bond acceptors (Lipinski definition) is 5. The second-order valence-corrected chi connectivity index (χ2v) is 7.01. The molecule has 0 spiro atoms. The summed E-state index contributed by atoms with van der Waals surface area (Å²) in [6.07, 6.45) is 6.56. The van der Waals surface area contributed by atoms with Crippen LogP contribution in [0.15, 0.2) is 53.3 Å². The number of fused-ring (bicyclic) bond motifs is 1. The minimum absolute atomic E-state index is 0.201. The van der Waals surface area contributed by atoms with Crippen LogP contribution >= 0.6 is 0 Å². The summed E-state index contributed by atoms with van der Waals surface area (Å²) in [6, 6.07) is 5.76. The average Bonchev–Trinajstić information content (AvgIpc) is 2.87. The topological polar surface area (TPSA) is 84.8 Å². The number of ketones is 1. The Labute approximate surface area is 146 Å². The van der Waals surface area contributed by atoms with Gasteiger partial charge in [0.05, 0.1) is 39.7 Å². The van der Waals surface area contributed by atoms with Gasteiger partial charge in [0.1, 0.15) is 11.4 Å². The van der Waals surface area contributed by atoms with E-state index in [1.54, 1.807) is 16.7 Å². The number of rotatable bonds is 5. The normalized spacial score (nSPS) is 16.5. The molecule has 2 heterocycles. The highest BCUT2D eigenvalue weighted by molar-refractivity contribution is 6.49. The van der Waals surface area contributed by atoms with E-state index < -0.39 is 0 Å². The van der Waals surface area contributed by atoms with E-state index in [-0.39, 0.29) is 5.78 Å². The Morgan fingerprint density at radius 2 is 2.08 bits per heavy atom. The quantitative estimate of drug-likeness (QED) is 0.639. The van der Waals surface area contributed by atoms with E-state index in [9.17, 15) is 4.79 Å². The Bertz CT molecular complexity index is 898. The molecule has 0 unspecified atom stereocenters. The van der Waals surface area contributed by atoms with Gasteiger partial charge >= 0.3 is 0 Å². The summed E-state index contributed by atoms with van der Waals surface area (Å²) in [5.41, 5.74) is 7.94. The van der Waals surface area contributed by atoms with Gasteiger partial charge in [-0.05, 0) is 24.3 Å². The third-order valence-corrected chi connectivity index (χ3v) is 3.81. The first kappa shape index (κ1) is 16.9. The highest BCUT2D eigenvalue weighted by Gasteiger charge is 2.17. The number of carbonyl (C=O) groups excluding carboxylic acids is 1. The minimum atomic E-state index is -0.201. The predicted octanol–water partition coefficient (Wildman–Crippen LogP) is 1.51. The van der Waals surface area contributed by atoms with Crippen molar-refractivity contribution in [2.75, 3.05) is 39.5 Å². The molecule has 0 amide bonds. The molecule has 1 aliphatic carbocycles. The van der Waals surface area contributed by atoms with Gasteiger partial charge < -0.3 is 15.5 Å². The number of likely N-dealkylation sites (N-methyl/N-ethyl adjacent to an activating group) is 1. The van der Waals surface area contributed by atoms with Crippen LogP contribution in [0.4, 0.5) is 11.5 Å². The Kier molecular flexibility index (Phi) is 4.41. The summed E-state index contributed by atoms with van der Waals surface area (Å²) in [4.78, 5) is 16.7. The van der Waals surface area contributed by atoms with Gasteiger partial charge in [-0.25, -0.2) is 9.51 Å². The Morgan fingerprint density at radius 3 is 2.80 bits per heavy atom. The SMILES string of the molecule is C[N+](C)(C)CCNc1nn2ccccc2c1N=C1C=CC(N)=CC1=O. The molecule has 0 fully saturated rings. The predicted molar refractivity (Wildman–Crippen MR) is 100 cm³/mol. The molecule has 0 saturated heterocycles. The molecule has 0 saturated carbocycles. The highest BCUT2D eigenvalue weighted by Crippen LogP contribution is 2.30. The summed E-state index contributed by atoms with van der Waals surface area (Å²) in [5.74, 6) is 0.462. The van der Waals surface area contributed by atoms with Crippen molar-refractivity contribution in [1.82, 2.24) is 9.61 Å². The lowest BCUT2D eigenvalue weighted by atomic mass is 10.1. The molecule has 1 aliphatic rings. The first-order valence-electron chi connectivity index (χ1n) is 8.13. The lowest BCUT2D eigenvalue weighted by Gasteiger charge is -2.23. The zero-order valence-electron chi connectivity index (χ0n) is 14.7. The molecule has 7 heteroatoms. The Balaban J connectivity index is 1.97. The second kappa shape index (κ2) is 6.52. The summed E-state index contributed by atoms with van der Waals surface area (Å²) >= 11 is 0. The zero-order valence-corrected chi connectivity index (χ0v) is 14.7. The fourth-order valence-electron chi connectivity index (χ4n) is 2.47. The number of aromatic nitrogens is 2. The zero-order chi connectivity index (χ0) is 18.0. The molecule has 0 atom stereocenters. The number of nitrogens with one attached hydrogen (secondary N) is 1. The van der Waals surface area contributed by atoms with Crippen LogP contribution in [0.5, 0.6) is 0 Å². The third-order valence-electron chi connectivity index (χ3n) is 3.81. The van der Waals surface area contributed by atoms with Crippen molar-refractivity contribution in [2.24, 2.45) is 10.7 Å². The van der Waals surface area contributed by atoms with Crippen LogP contribution < -0.4 is 11.1 Å². The van der Waals surface area contributed by atoms with Crippen LogP contribution in [0.3, 0.4) is 0 Å². The number of aliphatic imine (C=N–C) groups is 1. The van der Waals surface area contributed by atoms with Crippen molar-refractivity contribution in [3.8, 4) is 0 Å². The number of pyridine rings is 1. The summed E-state index contributed by atoms with van der Waals surface area (Å²) in [6.45, 7) is 1.68. The van der Waals surface area contributed by atoms with E-state index in [2.05, 4.69) is 36.6 Å². The fourth-order valence-corrected chi connectivity index (χ4v) is 2.47. The molecule has 25 heavy (non-hydrogen) atoms. The van der Waals surface area contributed by atoms with Crippen molar-refractivity contribution in [3.05, 3.63) is 48.3 Å². The van der Waals surface area contributed by atoms with Gasteiger partial charge in [0, 0.05) is 18.0 Å². The third kappa shape index (κ3) is 3.95. The Morgan fingerprint density at radius 1 is 1.28 bits per heavy atom. The van der Waals surface area contributed by atoms with Crippen molar-refractivity contribution in [2.45, 2.75) is 0 Å². The second-order valence-electron chi connectivity index (χ2n) is 7.01. The van der Waals surface area contributed by atoms with Crippen LogP contribution in [-0.4, -0.2) is 59.8 Å². The molecule has 7 nitrogen and oxygen atoms in total. The molecule has 3 N–H and O–H groups in total. The average molecular weight is 339 g/mol. The molecular weight excluding hydrogens is 316 g/mol. The van der Waals surface area contributed by atoms with Crippen LogP contribution in [0.25, 0.3) is 5.52 Å². The maximum absolute atomic E-state index is 12.1. The fraction of sp³-hybridized carbons (Fsp3) is 0.278.